The molecule has 10 heteroatoms. The molecule has 0 bridgehead atoms. The first-order valence-electron chi connectivity index (χ1n) is 12.5. The number of nitrogens with zero attached hydrogens (tertiary/aromatic N) is 4. The van der Waals surface area contributed by atoms with E-state index in [9.17, 15) is 13.7 Å². The summed E-state index contributed by atoms with van der Waals surface area (Å²) in [5.41, 5.74) is 2.90. The van der Waals surface area contributed by atoms with Gasteiger partial charge in [-0.2, -0.15) is 5.26 Å². The molecule has 0 fully saturated rings. The van der Waals surface area contributed by atoms with E-state index in [0.29, 0.717) is 41.7 Å². The van der Waals surface area contributed by atoms with Crippen LogP contribution in [-0.2, 0) is 27.7 Å². The van der Waals surface area contributed by atoms with Crippen molar-refractivity contribution >= 4 is 28.9 Å². The van der Waals surface area contributed by atoms with Crippen LogP contribution in [-0.4, -0.2) is 43.4 Å². The second-order valence-corrected chi connectivity index (χ2v) is 18.1. The number of benzene rings is 2. The van der Waals surface area contributed by atoms with E-state index < -0.39 is 17.9 Å². The van der Waals surface area contributed by atoms with Crippen LogP contribution in [0.4, 0.5) is 0 Å². The van der Waals surface area contributed by atoms with Crippen LogP contribution in [0.2, 0.25) is 25.7 Å². The van der Waals surface area contributed by atoms with Gasteiger partial charge in [0.25, 0.3) is 0 Å². The van der Waals surface area contributed by atoms with E-state index in [4.69, 9.17) is 14.5 Å². The zero-order chi connectivity index (χ0) is 27.3. The molecule has 0 spiro atoms. The van der Waals surface area contributed by atoms with Crippen molar-refractivity contribution in [1.82, 2.24) is 14.5 Å². The largest absolute Gasteiger partial charge is 0.457 e. The van der Waals surface area contributed by atoms with Crippen molar-refractivity contribution < 1.29 is 17.9 Å². The van der Waals surface area contributed by atoms with Crippen molar-refractivity contribution in [2.75, 3.05) is 12.4 Å². The van der Waals surface area contributed by atoms with Crippen molar-refractivity contribution in [2.45, 2.75) is 50.7 Å². The van der Waals surface area contributed by atoms with Crippen molar-refractivity contribution in [3.63, 3.8) is 0 Å². The van der Waals surface area contributed by atoms with Gasteiger partial charge in [0, 0.05) is 32.5 Å². The lowest BCUT2D eigenvalue weighted by Crippen LogP contribution is -2.22. The molecule has 4 aromatic rings. The summed E-state index contributed by atoms with van der Waals surface area (Å²) >= 11 is 0. The molecule has 198 valence electrons. The Balaban J connectivity index is 1.74. The maximum Gasteiger partial charge on any atom is 0.178 e. The highest BCUT2D eigenvalue weighted by Crippen LogP contribution is 2.33. The van der Waals surface area contributed by atoms with Crippen LogP contribution in [0, 0.1) is 11.3 Å². The maximum atomic E-state index is 12.2. The van der Waals surface area contributed by atoms with Crippen LogP contribution >= 0.6 is 0 Å². The summed E-state index contributed by atoms with van der Waals surface area (Å²) in [4.78, 5) is 9.58. The van der Waals surface area contributed by atoms with Gasteiger partial charge >= 0.3 is 0 Å². The van der Waals surface area contributed by atoms with Gasteiger partial charge in [0.1, 0.15) is 23.9 Å². The lowest BCUT2D eigenvalue weighted by Gasteiger charge is -2.16. The monoisotopic (exact) mass is 548 g/mol. The van der Waals surface area contributed by atoms with Crippen LogP contribution in [0.15, 0.2) is 65.7 Å². The van der Waals surface area contributed by atoms with E-state index >= 15 is 0 Å². The summed E-state index contributed by atoms with van der Waals surface area (Å²) in [5, 5.41) is 9.46. The van der Waals surface area contributed by atoms with E-state index in [1.165, 1.54) is 12.1 Å². The molecule has 2 aromatic carbocycles. The van der Waals surface area contributed by atoms with Crippen molar-refractivity contribution in [3.05, 3.63) is 66.4 Å². The Morgan fingerprint density at radius 3 is 2.47 bits per heavy atom. The molecule has 0 aliphatic heterocycles. The Kier molecular flexibility index (Phi) is 8.31. The molecule has 8 nitrogen and oxygen atoms in total. The topological polar surface area (TPSA) is 107 Å². The van der Waals surface area contributed by atoms with Gasteiger partial charge in [-0.25, -0.2) is 13.4 Å². The molecule has 0 unspecified atom stereocenters. The van der Waals surface area contributed by atoms with Crippen molar-refractivity contribution in [1.29, 1.82) is 5.26 Å². The summed E-state index contributed by atoms with van der Waals surface area (Å²) < 4.78 is 38.6. The number of fused-ring (bicyclic) bond motifs is 1. The van der Waals surface area contributed by atoms with Crippen LogP contribution in [0.3, 0.4) is 0 Å². The van der Waals surface area contributed by atoms with Gasteiger partial charge in [0.05, 0.1) is 34.2 Å². The molecule has 2 heterocycles. The highest BCUT2D eigenvalue weighted by molar-refractivity contribution is 7.91. The summed E-state index contributed by atoms with van der Waals surface area (Å²) in [7, 11) is -4.56. The van der Waals surface area contributed by atoms with Gasteiger partial charge in [-0.1, -0.05) is 32.6 Å². The minimum atomic E-state index is -3.31. The standard InChI is InChI=1S/C28H32N4O4SSi/c1-5-37(33,34)23-11-9-22(10-12-23)36-27-19-26-25(18-21(27)13-14-29)31-28(24-8-6-7-15-30-24)32(26)20-35-16-17-38(2,3)4/h6-12,15,18-19H,5,13,16-17,20H2,1-4H3. The first-order chi connectivity index (χ1) is 18.1. The van der Waals surface area contributed by atoms with Crippen molar-refractivity contribution in [3.8, 4) is 29.1 Å². The SMILES string of the molecule is CCS(=O)(=O)c1ccc(Oc2cc3c(cc2CC#N)nc(-c2ccccn2)n3COCC[Si](C)(C)C)cc1. The average molecular weight is 549 g/mol. The van der Waals surface area contributed by atoms with Gasteiger partial charge in [0.2, 0.25) is 0 Å². The molecule has 0 radical (unpaired) electrons. The lowest BCUT2D eigenvalue weighted by atomic mass is 10.1. The van der Waals surface area contributed by atoms with Crippen molar-refractivity contribution in [2.24, 2.45) is 0 Å². The maximum absolute atomic E-state index is 12.2. The summed E-state index contributed by atoms with van der Waals surface area (Å²) in [6.45, 7) is 9.50. The van der Waals surface area contributed by atoms with Crippen LogP contribution < -0.4 is 4.74 Å². The fraction of sp³-hybridized carbons (Fsp3) is 0.321. The smallest absolute Gasteiger partial charge is 0.178 e. The number of ether oxygens (including phenoxy) is 2. The molecule has 0 saturated heterocycles. The Bertz CT molecular complexity index is 1560. The van der Waals surface area contributed by atoms with Gasteiger partial charge < -0.3 is 9.47 Å². The summed E-state index contributed by atoms with van der Waals surface area (Å²) in [5.74, 6) is 1.67. The van der Waals surface area contributed by atoms with E-state index in [1.807, 2.05) is 34.9 Å². The number of rotatable bonds is 11. The third-order valence-corrected chi connectivity index (χ3v) is 9.56. The predicted octanol–water partition coefficient (Wildman–Crippen LogP) is 6.06. The van der Waals surface area contributed by atoms with E-state index in [2.05, 4.69) is 30.7 Å². The molecule has 38 heavy (non-hydrogen) atoms. The normalized spacial score (nSPS) is 12.0. The molecule has 4 rings (SSSR count). The zero-order valence-electron chi connectivity index (χ0n) is 22.1. The lowest BCUT2D eigenvalue weighted by molar-refractivity contribution is 0.0909. The van der Waals surface area contributed by atoms with Gasteiger partial charge in [-0.15, -0.1) is 0 Å². The molecular weight excluding hydrogens is 516 g/mol. The second kappa shape index (κ2) is 11.5. The molecular formula is C28H32N4O4SSi. The van der Waals surface area contributed by atoms with Crippen LogP contribution in [0.5, 0.6) is 11.5 Å². The molecule has 2 aromatic heterocycles. The number of aromatic nitrogens is 3. The van der Waals surface area contributed by atoms with Gasteiger partial charge in [-0.05, 0) is 48.5 Å². The molecule has 0 N–H and O–H groups in total. The number of pyridine rings is 1. The molecule has 0 aliphatic carbocycles. The Labute approximate surface area is 224 Å². The number of nitriles is 1. The Morgan fingerprint density at radius 2 is 1.84 bits per heavy atom. The first-order valence-corrected chi connectivity index (χ1v) is 17.9. The quantitative estimate of drug-likeness (QED) is 0.166. The third kappa shape index (κ3) is 6.48. The highest BCUT2D eigenvalue weighted by atomic mass is 32.2. The van der Waals surface area contributed by atoms with E-state index in [0.717, 1.165) is 17.3 Å². The van der Waals surface area contributed by atoms with Crippen LogP contribution in [0.1, 0.15) is 12.5 Å². The number of hydrogen-bond acceptors (Lipinski definition) is 7. The summed E-state index contributed by atoms with van der Waals surface area (Å²) in [6.07, 6.45) is 1.86. The molecule has 0 amide bonds. The van der Waals surface area contributed by atoms with Gasteiger partial charge in [-0.3, -0.25) is 9.55 Å². The molecule has 0 aliphatic rings. The fourth-order valence-electron chi connectivity index (χ4n) is 3.88. The number of sulfone groups is 1. The fourth-order valence-corrected chi connectivity index (χ4v) is 5.52. The highest BCUT2D eigenvalue weighted by Gasteiger charge is 2.19. The number of imidazole rings is 1. The second-order valence-electron chi connectivity index (χ2n) is 10.2. The van der Waals surface area contributed by atoms with Gasteiger partial charge in [0.15, 0.2) is 15.7 Å². The first kappa shape index (κ1) is 27.5. The van der Waals surface area contributed by atoms with E-state index in [-0.39, 0.29) is 17.1 Å². The Morgan fingerprint density at radius 1 is 1.08 bits per heavy atom. The minimum absolute atomic E-state index is 0.0266. The van der Waals surface area contributed by atoms with Crippen LogP contribution in [0.25, 0.3) is 22.6 Å². The minimum Gasteiger partial charge on any atom is -0.457 e. The third-order valence-electron chi connectivity index (χ3n) is 6.10. The Hall–Kier alpha value is -3.52. The summed E-state index contributed by atoms with van der Waals surface area (Å²) in [6, 6.07) is 18.9. The molecule has 0 atom stereocenters. The predicted molar refractivity (Wildman–Crippen MR) is 151 cm³/mol. The average Bonchev–Trinajstić information content (AvgIpc) is 3.24. The number of hydrogen-bond donors (Lipinski definition) is 0. The molecule has 0 saturated carbocycles. The zero-order valence-corrected chi connectivity index (χ0v) is 24.0. The van der Waals surface area contributed by atoms with E-state index in [1.54, 1.807) is 25.3 Å².